The fourth-order valence-electron chi connectivity index (χ4n) is 2.10. The van der Waals surface area contributed by atoms with Crippen molar-refractivity contribution in [1.29, 1.82) is 0 Å². The number of furan rings is 1. The summed E-state index contributed by atoms with van der Waals surface area (Å²) in [6.07, 6.45) is 0.688. The molecule has 0 saturated heterocycles. The molecule has 1 atom stereocenters. The lowest BCUT2D eigenvalue weighted by Crippen LogP contribution is -2.00. The van der Waals surface area contributed by atoms with Crippen molar-refractivity contribution in [1.82, 2.24) is 9.97 Å². The molecule has 0 amide bonds. The lowest BCUT2D eigenvalue weighted by atomic mass is 10.0. The van der Waals surface area contributed by atoms with Crippen LogP contribution in [0.15, 0.2) is 39.7 Å². The van der Waals surface area contributed by atoms with E-state index in [0.29, 0.717) is 16.8 Å². The molecule has 0 spiro atoms. The minimum Gasteiger partial charge on any atom is -0.466 e. The highest BCUT2D eigenvalue weighted by molar-refractivity contribution is 5.76. The highest BCUT2D eigenvalue weighted by atomic mass is 16.4. The van der Waals surface area contributed by atoms with Crippen LogP contribution in [0.1, 0.15) is 23.0 Å². The average Bonchev–Trinajstić information content (AvgIpc) is 2.94. The van der Waals surface area contributed by atoms with Gasteiger partial charge in [-0.25, -0.2) is 4.79 Å². The first kappa shape index (κ1) is 10.9. The van der Waals surface area contributed by atoms with Crippen LogP contribution in [-0.2, 0) is 0 Å². The van der Waals surface area contributed by atoms with E-state index in [1.54, 1.807) is 18.2 Å². The predicted octanol–water partition coefficient (Wildman–Crippen LogP) is 1.84. The van der Waals surface area contributed by atoms with Gasteiger partial charge < -0.3 is 19.5 Å². The Hall–Kier alpha value is -2.27. The third-order valence-corrected chi connectivity index (χ3v) is 3.01. The quantitative estimate of drug-likeness (QED) is 0.643. The van der Waals surface area contributed by atoms with Crippen LogP contribution in [0.3, 0.4) is 0 Å². The zero-order chi connectivity index (χ0) is 12.7. The number of aryl methyl sites for hydroxylation is 1. The Morgan fingerprint density at radius 2 is 2.00 bits per heavy atom. The van der Waals surface area contributed by atoms with Crippen LogP contribution in [0.4, 0.5) is 0 Å². The molecule has 2 heterocycles. The maximum absolute atomic E-state index is 11.2. The SMILES string of the molecule is Cc1cc2[nH]c(=O)[nH]c2cc1C(O)c1ccco1. The van der Waals surface area contributed by atoms with Crippen molar-refractivity contribution in [2.45, 2.75) is 13.0 Å². The average molecular weight is 244 g/mol. The van der Waals surface area contributed by atoms with Gasteiger partial charge in [-0.15, -0.1) is 0 Å². The number of fused-ring (bicyclic) bond motifs is 1. The number of hydrogen-bond donors (Lipinski definition) is 3. The summed E-state index contributed by atoms with van der Waals surface area (Å²) in [6.45, 7) is 1.88. The number of aromatic amines is 2. The summed E-state index contributed by atoms with van der Waals surface area (Å²) in [4.78, 5) is 16.6. The molecule has 0 aliphatic rings. The number of aliphatic hydroxyl groups is 1. The molecule has 1 unspecified atom stereocenters. The zero-order valence-electron chi connectivity index (χ0n) is 9.73. The first-order chi connectivity index (χ1) is 8.65. The number of imidazole rings is 1. The Labute approximate surface area is 102 Å². The third-order valence-electron chi connectivity index (χ3n) is 3.01. The summed E-state index contributed by atoms with van der Waals surface area (Å²) in [7, 11) is 0. The summed E-state index contributed by atoms with van der Waals surface area (Å²) in [5.41, 5.74) is 2.75. The number of H-pyrrole nitrogens is 2. The topological polar surface area (TPSA) is 82.0 Å². The van der Waals surface area contributed by atoms with Crippen molar-refractivity contribution in [3.63, 3.8) is 0 Å². The molecular formula is C13H12N2O3. The van der Waals surface area contributed by atoms with Gasteiger partial charge in [0.25, 0.3) is 0 Å². The van der Waals surface area contributed by atoms with Gasteiger partial charge in [0.1, 0.15) is 11.9 Å². The molecule has 0 aliphatic carbocycles. The molecule has 0 aliphatic heterocycles. The standard InChI is InChI=1S/C13H12N2O3/c1-7-5-9-10(15-13(17)14-9)6-8(7)12(16)11-3-2-4-18-11/h2-6,12,16H,1H3,(H2,14,15,17). The number of nitrogens with one attached hydrogen (secondary N) is 2. The normalized spacial score (nSPS) is 13.0. The van der Waals surface area contributed by atoms with Crippen LogP contribution in [0, 0.1) is 6.92 Å². The molecule has 0 fully saturated rings. The molecule has 0 bridgehead atoms. The minimum absolute atomic E-state index is 0.256. The van der Waals surface area contributed by atoms with Crippen molar-refractivity contribution in [2.75, 3.05) is 0 Å². The Bertz CT molecular complexity index is 737. The molecule has 0 saturated carbocycles. The van der Waals surface area contributed by atoms with E-state index in [0.717, 1.165) is 11.1 Å². The van der Waals surface area contributed by atoms with Crippen LogP contribution in [0.2, 0.25) is 0 Å². The smallest absolute Gasteiger partial charge is 0.323 e. The second kappa shape index (κ2) is 3.89. The van der Waals surface area contributed by atoms with E-state index in [1.165, 1.54) is 6.26 Å². The zero-order valence-corrected chi connectivity index (χ0v) is 9.73. The van der Waals surface area contributed by atoms with E-state index < -0.39 is 6.10 Å². The van der Waals surface area contributed by atoms with Gasteiger partial charge in [-0.05, 0) is 42.3 Å². The van der Waals surface area contributed by atoms with E-state index in [9.17, 15) is 9.90 Å². The van der Waals surface area contributed by atoms with Crippen molar-refractivity contribution in [3.05, 3.63) is 57.9 Å². The number of aliphatic hydroxyl groups excluding tert-OH is 1. The first-order valence-electron chi connectivity index (χ1n) is 5.59. The highest BCUT2D eigenvalue weighted by Crippen LogP contribution is 2.27. The van der Waals surface area contributed by atoms with Gasteiger partial charge in [-0.3, -0.25) is 0 Å². The van der Waals surface area contributed by atoms with Gasteiger partial charge in [0, 0.05) is 0 Å². The van der Waals surface area contributed by atoms with Crippen LogP contribution in [0.25, 0.3) is 11.0 Å². The molecule has 2 aromatic heterocycles. The molecule has 92 valence electrons. The predicted molar refractivity (Wildman–Crippen MR) is 66.4 cm³/mol. The minimum atomic E-state index is -0.831. The molecule has 1 aromatic carbocycles. The van der Waals surface area contributed by atoms with Crippen LogP contribution >= 0.6 is 0 Å². The number of rotatable bonds is 2. The van der Waals surface area contributed by atoms with Crippen molar-refractivity contribution in [3.8, 4) is 0 Å². The number of hydrogen-bond acceptors (Lipinski definition) is 3. The van der Waals surface area contributed by atoms with Gasteiger partial charge in [0.05, 0.1) is 17.3 Å². The molecule has 0 radical (unpaired) electrons. The summed E-state index contributed by atoms with van der Waals surface area (Å²) >= 11 is 0. The van der Waals surface area contributed by atoms with Crippen molar-refractivity contribution < 1.29 is 9.52 Å². The van der Waals surface area contributed by atoms with E-state index in [2.05, 4.69) is 9.97 Å². The Morgan fingerprint density at radius 1 is 1.28 bits per heavy atom. The maximum Gasteiger partial charge on any atom is 0.323 e. The molecule has 18 heavy (non-hydrogen) atoms. The van der Waals surface area contributed by atoms with Crippen molar-refractivity contribution >= 4 is 11.0 Å². The Balaban J connectivity index is 2.16. The van der Waals surface area contributed by atoms with Gasteiger partial charge in [0.15, 0.2) is 0 Å². The molecule has 3 aromatic rings. The second-order valence-corrected chi connectivity index (χ2v) is 4.25. The number of aromatic nitrogens is 2. The largest absolute Gasteiger partial charge is 0.466 e. The summed E-state index contributed by atoms with van der Waals surface area (Å²) < 4.78 is 5.19. The fourth-order valence-corrected chi connectivity index (χ4v) is 2.10. The fraction of sp³-hybridized carbons (Fsp3) is 0.154. The number of benzene rings is 1. The van der Waals surface area contributed by atoms with E-state index in [1.807, 2.05) is 13.0 Å². The molecular weight excluding hydrogens is 232 g/mol. The third kappa shape index (κ3) is 1.65. The monoisotopic (exact) mass is 244 g/mol. The van der Waals surface area contributed by atoms with E-state index in [-0.39, 0.29) is 5.69 Å². The van der Waals surface area contributed by atoms with Gasteiger partial charge in [-0.2, -0.15) is 0 Å². The second-order valence-electron chi connectivity index (χ2n) is 4.25. The van der Waals surface area contributed by atoms with Crippen molar-refractivity contribution in [2.24, 2.45) is 0 Å². The van der Waals surface area contributed by atoms with Gasteiger partial charge in [-0.1, -0.05) is 0 Å². The lowest BCUT2D eigenvalue weighted by Gasteiger charge is -2.11. The Kier molecular flexibility index (Phi) is 2.34. The van der Waals surface area contributed by atoms with Crippen LogP contribution in [-0.4, -0.2) is 15.1 Å². The van der Waals surface area contributed by atoms with Gasteiger partial charge >= 0.3 is 5.69 Å². The molecule has 5 heteroatoms. The highest BCUT2D eigenvalue weighted by Gasteiger charge is 2.16. The molecule has 3 N–H and O–H groups in total. The first-order valence-corrected chi connectivity index (χ1v) is 5.59. The molecule has 5 nitrogen and oxygen atoms in total. The Morgan fingerprint density at radius 3 is 2.67 bits per heavy atom. The van der Waals surface area contributed by atoms with Gasteiger partial charge in [0.2, 0.25) is 0 Å². The van der Waals surface area contributed by atoms with Crippen LogP contribution in [0.5, 0.6) is 0 Å². The lowest BCUT2D eigenvalue weighted by molar-refractivity contribution is 0.189. The van der Waals surface area contributed by atoms with E-state index in [4.69, 9.17) is 4.42 Å². The summed E-state index contributed by atoms with van der Waals surface area (Å²) in [5.74, 6) is 0.482. The maximum atomic E-state index is 11.2. The summed E-state index contributed by atoms with van der Waals surface area (Å²) in [6, 6.07) is 7.03. The van der Waals surface area contributed by atoms with E-state index >= 15 is 0 Å². The van der Waals surface area contributed by atoms with Crippen LogP contribution < -0.4 is 5.69 Å². The summed E-state index contributed by atoms with van der Waals surface area (Å²) in [5, 5.41) is 10.2. The molecule has 3 rings (SSSR count).